The van der Waals surface area contributed by atoms with Crippen LogP contribution in [0, 0.1) is 5.92 Å². The number of methoxy groups -OCH3 is 1. The van der Waals surface area contributed by atoms with Crippen molar-refractivity contribution in [3.05, 3.63) is 0 Å². The zero-order valence-corrected chi connectivity index (χ0v) is 9.99. The third kappa shape index (κ3) is 2.69. The number of hydrogen-bond donors (Lipinski definition) is 1. The summed E-state index contributed by atoms with van der Waals surface area (Å²) in [5.41, 5.74) is -0.565. The average molecular weight is 215 g/mol. The summed E-state index contributed by atoms with van der Waals surface area (Å²) in [4.78, 5) is 13.2. The molecule has 1 heterocycles. The van der Waals surface area contributed by atoms with Gasteiger partial charge in [-0.25, -0.2) is 0 Å². The summed E-state index contributed by atoms with van der Waals surface area (Å²) in [5, 5.41) is 10.0. The van der Waals surface area contributed by atoms with Gasteiger partial charge < -0.3 is 9.84 Å². The van der Waals surface area contributed by atoms with Crippen molar-refractivity contribution in [1.29, 1.82) is 0 Å². The third-order valence-corrected chi connectivity index (χ3v) is 3.34. The number of aliphatic hydroxyl groups is 1. The van der Waals surface area contributed by atoms with Gasteiger partial charge in [-0.1, -0.05) is 13.8 Å². The van der Waals surface area contributed by atoms with Gasteiger partial charge in [0.05, 0.1) is 19.1 Å². The Morgan fingerprint density at radius 3 is 2.40 bits per heavy atom. The normalized spacial score (nSPS) is 22.3. The van der Waals surface area contributed by atoms with Gasteiger partial charge >= 0.3 is 5.97 Å². The maximum Gasteiger partial charge on any atom is 0.307 e. The van der Waals surface area contributed by atoms with Gasteiger partial charge in [0.2, 0.25) is 0 Å². The molecule has 0 bridgehead atoms. The molecule has 0 aromatic heterocycles. The number of esters is 1. The highest BCUT2D eigenvalue weighted by molar-refractivity contribution is 5.69. The number of β-amino-alcohol motifs (C(OH)–C–C–N with tert-alkyl or cyclic N) is 1. The molecule has 0 saturated carbocycles. The number of likely N-dealkylation sites (tertiary alicyclic amines) is 1. The van der Waals surface area contributed by atoms with Crippen molar-refractivity contribution in [1.82, 2.24) is 4.90 Å². The monoisotopic (exact) mass is 215 g/mol. The smallest absolute Gasteiger partial charge is 0.307 e. The molecule has 1 aliphatic heterocycles. The molecule has 1 unspecified atom stereocenters. The highest BCUT2D eigenvalue weighted by Gasteiger charge is 2.45. The summed E-state index contributed by atoms with van der Waals surface area (Å²) in [7, 11) is 1.40. The van der Waals surface area contributed by atoms with Crippen LogP contribution in [-0.2, 0) is 9.53 Å². The molecule has 0 aromatic carbocycles. The molecular formula is C11H21NO3. The second kappa shape index (κ2) is 4.49. The van der Waals surface area contributed by atoms with Gasteiger partial charge in [-0.2, -0.15) is 0 Å². The van der Waals surface area contributed by atoms with E-state index in [1.165, 1.54) is 7.11 Å². The molecular weight excluding hydrogens is 194 g/mol. The topological polar surface area (TPSA) is 49.8 Å². The van der Waals surface area contributed by atoms with Crippen LogP contribution in [-0.4, -0.2) is 47.8 Å². The maximum absolute atomic E-state index is 11.1. The Hall–Kier alpha value is -0.610. The molecule has 1 aliphatic rings. The van der Waals surface area contributed by atoms with E-state index in [1.54, 1.807) is 0 Å². The van der Waals surface area contributed by atoms with E-state index in [0.29, 0.717) is 19.5 Å². The van der Waals surface area contributed by atoms with Crippen molar-refractivity contribution in [3.8, 4) is 0 Å². The number of nitrogens with zero attached hydrogens (tertiary/aromatic N) is 1. The Balaban J connectivity index is 2.35. The van der Waals surface area contributed by atoms with Gasteiger partial charge in [0.25, 0.3) is 0 Å². The number of carbonyl (C=O) groups is 1. The predicted molar refractivity (Wildman–Crippen MR) is 57.5 cm³/mol. The van der Waals surface area contributed by atoms with Crippen molar-refractivity contribution >= 4 is 5.97 Å². The standard InChI is InChI=1S/C11H21NO3/c1-8(2)11(14)6-12(7-11)9(3)5-10(13)15-4/h8-9,14H,5-7H2,1-4H3. The summed E-state index contributed by atoms with van der Waals surface area (Å²) in [6.07, 6.45) is 0.394. The SMILES string of the molecule is COC(=O)CC(C)N1CC(O)(C(C)C)C1. The first-order valence-corrected chi connectivity index (χ1v) is 5.42. The highest BCUT2D eigenvalue weighted by atomic mass is 16.5. The molecule has 15 heavy (non-hydrogen) atoms. The molecule has 1 N–H and O–H groups in total. The third-order valence-electron chi connectivity index (χ3n) is 3.34. The summed E-state index contributed by atoms with van der Waals surface area (Å²) < 4.78 is 4.61. The van der Waals surface area contributed by atoms with Crippen molar-refractivity contribution < 1.29 is 14.6 Å². The Bertz CT molecular complexity index is 234. The van der Waals surface area contributed by atoms with Crippen LogP contribution in [0.2, 0.25) is 0 Å². The molecule has 1 atom stereocenters. The molecule has 4 nitrogen and oxygen atoms in total. The van der Waals surface area contributed by atoms with E-state index in [0.717, 1.165) is 0 Å². The fraction of sp³-hybridized carbons (Fsp3) is 0.909. The minimum absolute atomic E-state index is 0.150. The van der Waals surface area contributed by atoms with Crippen LogP contribution in [0.15, 0.2) is 0 Å². The maximum atomic E-state index is 11.1. The van der Waals surface area contributed by atoms with E-state index < -0.39 is 5.60 Å². The zero-order valence-electron chi connectivity index (χ0n) is 9.99. The first kappa shape index (κ1) is 12.5. The van der Waals surface area contributed by atoms with Crippen molar-refractivity contribution in [2.24, 2.45) is 5.92 Å². The van der Waals surface area contributed by atoms with Crippen LogP contribution in [0.25, 0.3) is 0 Å². The van der Waals surface area contributed by atoms with E-state index in [9.17, 15) is 9.90 Å². The molecule has 0 amide bonds. The molecule has 0 aromatic rings. The molecule has 4 heteroatoms. The quantitative estimate of drug-likeness (QED) is 0.699. The predicted octanol–water partition coefficient (Wildman–Crippen LogP) is 0.641. The lowest BCUT2D eigenvalue weighted by molar-refractivity contribution is -0.154. The van der Waals surface area contributed by atoms with E-state index in [-0.39, 0.29) is 17.9 Å². The number of ether oxygens (including phenoxy) is 1. The molecule has 1 saturated heterocycles. The van der Waals surface area contributed by atoms with Crippen LogP contribution in [0.3, 0.4) is 0 Å². The second-order valence-electron chi connectivity index (χ2n) is 4.79. The van der Waals surface area contributed by atoms with Gasteiger partial charge in [-0.3, -0.25) is 9.69 Å². The number of carbonyl (C=O) groups excluding carboxylic acids is 1. The lowest BCUT2D eigenvalue weighted by Crippen LogP contribution is -2.66. The van der Waals surface area contributed by atoms with Crippen molar-refractivity contribution in [3.63, 3.8) is 0 Å². The van der Waals surface area contributed by atoms with E-state index in [4.69, 9.17) is 0 Å². The first-order chi connectivity index (χ1) is 6.89. The van der Waals surface area contributed by atoms with Gasteiger partial charge in [0.1, 0.15) is 0 Å². The largest absolute Gasteiger partial charge is 0.469 e. The summed E-state index contributed by atoms with van der Waals surface area (Å²) in [6.45, 7) is 7.33. The van der Waals surface area contributed by atoms with Crippen LogP contribution in [0.5, 0.6) is 0 Å². The summed E-state index contributed by atoms with van der Waals surface area (Å²) >= 11 is 0. The fourth-order valence-electron chi connectivity index (χ4n) is 1.79. The van der Waals surface area contributed by atoms with E-state index in [2.05, 4.69) is 9.64 Å². The van der Waals surface area contributed by atoms with E-state index >= 15 is 0 Å². The van der Waals surface area contributed by atoms with Gasteiger partial charge in [-0.15, -0.1) is 0 Å². The van der Waals surface area contributed by atoms with E-state index in [1.807, 2.05) is 20.8 Å². The second-order valence-corrected chi connectivity index (χ2v) is 4.79. The zero-order chi connectivity index (χ0) is 11.6. The fourth-order valence-corrected chi connectivity index (χ4v) is 1.79. The molecule has 88 valence electrons. The summed E-state index contributed by atoms with van der Waals surface area (Å²) in [5.74, 6) is 0.0709. The molecule has 0 aliphatic carbocycles. The molecule has 1 rings (SSSR count). The minimum Gasteiger partial charge on any atom is -0.469 e. The Labute approximate surface area is 91.2 Å². The first-order valence-electron chi connectivity index (χ1n) is 5.42. The van der Waals surface area contributed by atoms with Gasteiger partial charge in [0.15, 0.2) is 0 Å². The average Bonchev–Trinajstić information content (AvgIpc) is 2.11. The van der Waals surface area contributed by atoms with Crippen LogP contribution >= 0.6 is 0 Å². The Kier molecular flexibility index (Phi) is 3.73. The highest BCUT2D eigenvalue weighted by Crippen LogP contribution is 2.30. The number of hydrogen-bond acceptors (Lipinski definition) is 4. The molecule has 1 fully saturated rings. The van der Waals surface area contributed by atoms with Crippen LogP contribution < -0.4 is 0 Å². The lowest BCUT2D eigenvalue weighted by atomic mass is 9.82. The molecule has 0 radical (unpaired) electrons. The number of rotatable bonds is 4. The lowest BCUT2D eigenvalue weighted by Gasteiger charge is -2.51. The van der Waals surface area contributed by atoms with Crippen molar-refractivity contribution in [2.75, 3.05) is 20.2 Å². The van der Waals surface area contributed by atoms with Gasteiger partial charge in [0, 0.05) is 19.1 Å². The van der Waals surface area contributed by atoms with Crippen LogP contribution in [0.1, 0.15) is 27.2 Å². The van der Waals surface area contributed by atoms with Crippen LogP contribution in [0.4, 0.5) is 0 Å². The van der Waals surface area contributed by atoms with Gasteiger partial charge in [-0.05, 0) is 12.8 Å². The Morgan fingerprint density at radius 2 is 2.00 bits per heavy atom. The Morgan fingerprint density at radius 1 is 1.47 bits per heavy atom. The summed E-state index contributed by atoms with van der Waals surface area (Å²) in [6, 6.07) is 0.150. The minimum atomic E-state index is -0.565. The van der Waals surface area contributed by atoms with Crippen molar-refractivity contribution in [2.45, 2.75) is 38.8 Å². The molecule has 0 spiro atoms.